The number of fused-ring (bicyclic) bond motifs is 1. The second-order valence-electron chi connectivity index (χ2n) is 6.72. The number of methoxy groups -OCH3 is 1. The molecule has 142 valence electrons. The van der Waals surface area contributed by atoms with Crippen LogP contribution in [0.2, 0.25) is 0 Å². The van der Waals surface area contributed by atoms with Crippen LogP contribution in [-0.2, 0) is 16.1 Å². The first-order valence-electron chi connectivity index (χ1n) is 9.36. The van der Waals surface area contributed by atoms with Gasteiger partial charge < -0.3 is 9.30 Å². The largest absolute Gasteiger partial charge is 0.383 e. The normalized spacial score (nSPS) is 14.4. The second-order valence-corrected chi connectivity index (χ2v) is 7.73. The topological polar surface area (TPSA) is 43.6 Å². The maximum atomic E-state index is 13.2. The van der Waals surface area contributed by atoms with Crippen molar-refractivity contribution >= 4 is 27.5 Å². The van der Waals surface area contributed by atoms with E-state index in [9.17, 15) is 4.79 Å². The van der Waals surface area contributed by atoms with Crippen LogP contribution in [0.25, 0.3) is 10.2 Å². The van der Waals surface area contributed by atoms with Crippen LogP contribution in [0.4, 0.5) is 0 Å². The van der Waals surface area contributed by atoms with Crippen molar-refractivity contribution in [2.45, 2.75) is 32.7 Å². The van der Waals surface area contributed by atoms with Crippen LogP contribution in [0.5, 0.6) is 0 Å². The van der Waals surface area contributed by atoms with E-state index in [1.807, 2.05) is 42.5 Å². The smallest absolute Gasteiger partial charge is 0.256 e. The van der Waals surface area contributed by atoms with Gasteiger partial charge in [0.1, 0.15) is 0 Å². The van der Waals surface area contributed by atoms with E-state index in [0.717, 1.165) is 27.0 Å². The molecule has 0 spiro atoms. The van der Waals surface area contributed by atoms with Crippen LogP contribution in [0.1, 0.15) is 31.7 Å². The summed E-state index contributed by atoms with van der Waals surface area (Å²) in [6.45, 7) is 5.49. The molecule has 0 aliphatic rings. The monoisotopic (exact) mass is 382 g/mol. The lowest BCUT2D eigenvalue weighted by Crippen LogP contribution is -2.24. The molecule has 2 aromatic carbocycles. The number of nitrogens with zero attached hydrogens (tertiary/aromatic N) is 2. The Balaban J connectivity index is 2.07. The quantitative estimate of drug-likeness (QED) is 0.599. The highest BCUT2D eigenvalue weighted by Gasteiger charge is 2.25. The summed E-state index contributed by atoms with van der Waals surface area (Å²) in [5.74, 6) is -0.0731. The third kappa shape index (κ3) is 4.37. The molecule has 1 heterocycles. The van der Waals surface area contributed by atoms with Crippen LogP contribution in [0, 0.1) is 5.92 Å². The fourth-order valence-corrected chi connectivity index (χ4v) is 4.34. The highest BCUT2D eigenvalue weighted by Crippen LogP contribution is 2.28. The van der Waals surface area contributed by atoms with Gasteiger partial charge in [0.05, 0.1) is 22.7 Å². The zero-order valence-electron chi connectivity index (χ0n) is 16.1. The molecule has 27 heavy (non-hydrogen) atoms. The molecular formula is C22H26N2O2S. The number of benzene rings is 2. The first-order chi connectivity index (χ1) is 13.2. The van der Waals surface area contributed by atoms with Crippen molar-refractivity contribution in [3.05, 3.63) is 65.0 Å². The minimum atomic E-state index is -0.225. The Labute approximate surface area is 164 Å². The average Bonchev–Trinajstić information content (AvgIpc) is 3.04. The summed E-state index contributed by atoms with van der Waals surface area (Å²) < 4.78 is 8.46. The van der Waals surface area contributed by atoms with E-state index in [1.54, 1.807) is 18.4 Å². The van der Waals surface area contributed by atoms with Gasteiger partial charge in [0.15, 0.2) is 4.80 Å². The predicted molar refractivity (Wildman–Crippen MR) is 111 cm³/mol. The summed E-state index contributed by atoms with van der Waals surface area (Å²) in [4.78, 5) is 18.5. The Morgan fingerprint density at radius 2 is 1.85 bits per heavy atom. The highest BCUT2D eigenvalue weighted by atomic mass is 32.1. The number of amides is 1. The Morgan fingerprint density at radius 1 is 1.15 bits per heavy atom. The van der Waals surface area contributed by atoms with E-state index in [2.05, 4.69) is 35.5 Å². The number of hydrogen-bond acceptors (Lipinski definition) is 3. The zero-order chi connectivity index (χ0) is 19.2. The lowest BCUT2D eigenvalue weighted by atomic mass is 9.85. The molecule has 1 aromatic heterocycles. The maximum Gasteiger partial charge on any atom is 0.256 e. The third-order valence-electron chi connectivity index (χ3n) is 4.95. The number of hydrogen-bond donors (Lipinski definition) is 0. The van der Waals surface area contributed by atoms with Gasteiger partial charge in [-0.05, 0) is 23.6 Å². The fraction of sp³-hybridized carbons (Fsp3) is 0.364. The molecule has 0 saturated heterocycles. The van der Waals surface area contributed by atoms with Crippen molar-refractivity contribution in [3.63, 3.8) is 0 Å². The minimum Gasteiger partial charge on any atom is -0.383 e. The summed E-state index contributed by atoms with van der Waals surface area (Å²) >= 11 is 1.55. The van der Waals surface area contributed by atoms with E-state index in [0.29, 0.717) is 13.2 Å². The van der Waals surface area contributed by atoms with E-state index in [-0.39, 0.29) is 17.7 Å². The van der Waals surface area contributed by atoms with Gasteiger partial charge in [-0.1, -0.05) is 74.1 Å². The molecule has 2 atom stereocenters. The number of carbonyl (C=O) groups is 1. The lowest BCUT2D eigenvalue weighted by Gasteiger charge is -2.20. The van der Waals surface area contributed by atoms with Crippen LogP contribution in [-0.4, -0.2) is 24.2 Å². The molecule has 5 heteroatoms. The first kappa shape index (κ1) is 19.5. The van der Waals surface area contributed by atoms with Crippen LogP contribution >= 0.6 is 11.3 Å². The summed E-state index contributed by atoms with van der Waals surface area (Å²) in [5.41, 5.74) is 2.12. The average molecular weight is 383 g/mol. The molecule has 0 aliphatic carbocycles. The maximum absolute atomic E-state index is 13.2. The van der Waals surface area contributed by atoms with Gasteiger partial charge in [0, 0.05) is 13.7 Å². The molecule has 0 N–H and O–H groups in total. The van der Waals surface area contributed by atoms with Gasteiger partial charge in [0.2, 0.25) is 0 Å². The van der Waals surface area contributed by atoms with Gasteiger partial charge >= 0.3 is 0 Å². The summed E-state index contributed by atoms with van der Waals surface area (Å²) in [5, 5.41) is 0. The number of ether oxygens (including phenoxy) is 1. The van der Waals surface area contributed by atoms with Gasteiger partial charge in [-0.2, -0.15) is 4.99 Å². The van der Waals surface area contributed by atoms with Gasteiger partial charge in [-0.3, -0.25) is 4.79 Å². The van der Waals surface area contributed by atoms with Gasteiger partial charge in [-0.25, -0.2) is 0 Å². The van der Waals surface area contributed by atoms with Gasteiger partial charge in [-0.15, -0.1) is 0 Å². The molecule has 0 radical (unpaired) electrons. The van der Waals surface area contributed by atoms with E-state index in [1.165, 1.54) is 0 Å². The molecule has 1 amide bonds. The van der Waals surface area contributed by atoms with E-state index >= 15 is 0 Å². The lowest BCUT2D eigenvalue weighted by molar-refractivity contribution is -0.120. The summed E-state index contributed by atoms with van der Waals surface area (Å²) in [6, 6.07) is 18.1. The third-order valence-corrected chi connectivity index (χ3v) is 6.01. The first-order valence-corrected chi connectivity index (χ1v) is 10.2. The minimum absolute atomic E-state index is 0.0757. The fourth-order valence-electron chi connectivity index (χ4n) is 3.28. The Morgan fingerprint density at radius 3 is 2.56 bits per heavy atom. The number of aromatic nitrogens is 1. The summed E-state index contributed by atoms with van der Waals surface area (Å²) in [6.07, 6.45) is 0.927. The molecule has 0 aliphatic heterocycles. The van der Waals surface area contributed by atoms with Crippen molar-refractivity contribution in [1.29, 1.82) is 0 Å². The molecule has 0 fully saturated rings. The van der Waals surface area contributed by atoms with Crippen LogP contribution in [0.3, 0.4) is 0 Å². The van der Waals surface area contributed by atoms with Crippen molar-refractivity contribution in [1.82, 2.24) is 4.57 Å². The molecular weight excluding hydrogens is 356 g/mol. The molecule has 4 nitrogen and oxygen atoms in total. The Bertz CT molecular complexity index is 959. The Hall–Kier alpha value is -2.24. The van der Waals surface area contributed by atoms with E-state index in [4.69, 9.17) is 4.74 Å². The molecule has 0 bridgehead atoms. The highest BCUT2D eigenvalue weighted by molar-refractivity contribution is 7.16. The zero-order valence-corrected chi connectivity index (χ0v) is 16.9. The molecule has 0 saturated carbocycles. The number of para-hydroxylation sites is 1. The van der Waals surface area contributed by atoms with Crippen LogP contribution in [0.15, 0.2) is 59.6 Å². The second kappa shape index (κ2) is 9.11. The number of thiazole rings is 1. The van der Waals surface area contributed by atoms with Gasteiger partial charge in [0.25, 0.3) is 5.91 Å². The molecule has 3 aromatic rings. The van der Waals surface area contributed by atoms with E-state index < -0.39 is 0 Å². The molecule has 2 unspecified atom stereocenters. The van der Waals surface area contributed by atoms with Crippen LogP contribution < -0.4 is 4.80 Å². The SMILES string of the molecule is CCC(C)C(C(=O)N=c1sc2ccccc2n1CCOC)c1ccccc1. The number of carbonyl (C=O) groups excluding carboxylic acids is 1. The summed E-state index contributed by atoms with van der Waals surface area (Å²) in [7, 11) is 1.69. The predicted octanol–water partition coefficient (Wildman–Crippen LogP) is 4.61. The van der Waals surface area contributed by atoms with Crippen molar-refractivity contribution in [3.8, 4) is 0 Å². The van der Waals surface area contributed by atoms with Crippen molar-refractivity contribution < 1.29 is 9.53 Å². The molecule has 3 rings (SSSR count). The van der Waals surface area contributed by atoms with Crippen molar-refractivity contribution in [2.24, 2.45) is 10.9 Å². The Kier molecular flexibility index (Phi) is 6.58. The number of rotatable bonds is 7. The standard InChI is InChI=1S/C22H26N2O2S/c1-4-16(2)20(17-10-6-5-7-11-17)21(25)23-22-24(14-15-26-3)18-12-8-9-13-19(18)27-22/h5-13,16,20H,4,14-15H2,1-3H3. The van der Waals surface area contributed by atoms with Crippen molar-refractivity contribution in [2.75, 3.05) is 13.7 Å².